The van der Waals surface area contributed by atoms with Gasteiger partial charge in [0.15, 0.2) is 0 Å². The Kier molecular flexibility index (Phi) is 3.57. The van der Waals surface area contributed by atoms with E-state index in [0.29, 0.717) is 13.2 Å². The van der Waals surface area contributed by atoms with Crippen molar-refractivity contribution in [3.05, 3.63) is 18.1 Å². The van der Waals surface area contributed by atoms with Gasteiger partial charge in [0.05, 0.1) is 6.61 Å². The lowest BCUT2D eigenvalue weighted by Gasteiger charge is -2.00. The second-order valence-electron chi connectivity index (χ2n) is 2.58. The Morgan fingerprint density at radius 2 is 2.38 bits per heavy atom. The molecule has 1 heterocycles. The summed E-state index contributed by atoms with van der Waals surface area (Å²) in [6, 6.07) is 2.95. The lowest BCUT2D eigenvalue weighted by Crippen LogP contribution is -2.38. The van der Waals surface area contributed by atoms with E-state index < -0.39 is 5.95 Å². The van der Waals surface area contributed by atoms with Crippen LogP contribution in [0.1, 0.15) is 0 Å². The van der Waals surface area contributed by atoms with Crippen LogP contribution in [0.3, 0.4) is 0 Å². The summed E-state index contributed by atoms with van der Waals surface area (Å²) in [5.74, 6) is 0.276. The molecule has 0 unspecified atom stereocenters. The van der Waals surface area contributed by atoms with Crippen LogP contribution in [0.25, 0.3) is 0 Å². The van der Waals surface area contributed by atoms with Crippen LogP contribution in [-0.4, -0.2) is 25.4 Å². The SMILES string of the molecule is COCCNc1ccc(F)n[n+]1C. The summed E-state index contributed by atoms with van der Waals surface area (Å²) in [6.45, 7) is 1.29. The van der Waals surface area contributed by atoms with Crippen molar-refractivity contribution in [1.29, 1.82) is 0 Å². The summed E-state index contributed by atoms with van der Waals surface area (Å²) in [4.78, 5) is 0. The minimum Gasteiger partial charge on any atom is -0.381 e. The van der Waals surface area contributed by atoms with Crippen molar-refractivity contribution in [2.24, 2.45) is 7.05 Å². The molecule has 1 rings (SSSR count). The third-order valence-corrected chi connectivity index (χ3v) is 1.59. The smallest absolute Gasteiger partial charge is 0.295 e. The van der Waals surface area contributed by atoms with Gasteiger partial charge in [-0.3, -0.25) is 5.32 Å². The number of methoxy groups -OCH3 is 1. The van der Waals surface area contributed by atoms with Crippen molar-refractivity contribution in [3.8, 4) is 0 Å². The highest BCUT2D eigenvalue weighted by Crippen LogP contribution is 1.97. The summed E-state index contributed by atoms with van der Waals surface area (Å²) in [5.41, 5.74) is 0. The lowest BCUT2D eigenvalue weighted by atomic mass is 10.5. The third kappa shape index (κ3) is 2.95. The van der Waals surface area contributed by atoms with E-state index in [2.05, 4.69) is 10.4 Å². The van der Waals surface area contributed by atoms with E-state index in [1.807, 2.05) is 0 Å². The summed E-state index contributed by atoms with van der Waals surface area (Å²) in [7, 11) is 3.31. The van der Waals surface area contributed by atoms with Crippen LogP contribution < -0.4 is 10.00 Å². The minimum absolute atomic E-state index is 0.486. The van der Waals surface area contributed by atoms with Crippen molar-refractivity contribution in [3.63, 3.8) is 0 Å². The Hall–Kier alpha value is -1.23. The molecule has 0 aliphatic heterocycles. The number of nitrogens with zero attached hydrogens (tertiary/aromatic N) is 2. The minimum atomic E-state index is -0.486. The zero-order chi connectivity index (χ0) is 9.68. The first kappa shape index (κ1) is 9.85. The van der Waals surface area contributed by atoms with Crippen LogP contribution in [0.2, 0.25) is 0 Å². The van der Waals surface area contributed by atoms with Gasteiger partial charge in [-0.05, 0) is 0 Å². The van der Waals surface area contributed by atoms with Gasteiger partial charge in [-0.25, -0.2) is 0 Å². The Morgan fingerprint density at radius 1 is 1.62 bits per heavy atom. The molecule has 0 aliphatic carbocycles. The zero-order valence-corrected chi connectivity index (χ0v) is 7.75. The highest BCUT2D eigenvalue weighted by Gasteiger charge is 2.06. The van der Waals surface area contributed by atoms with Gasteiger partial charge in [0.1, 0.15) is 13.6 Å². The molecule has 0 radical (unpaired) electrons. The van der Waals surface area contributed by atoms with E-state index in [0.717, 1.165) is 5.82 Å². The fourth-order valence-electron chi connectivity index (χ4n) is 0.941. The topological polar surface area (TPSA) is 38.0 Å². The molecular weight excluding hydrogens is 173 g/mol. The number of nitrogens with one attached hydrogen (secondary N) is 1. The van der Waals surface area contributed by atoms with Crippen LogP contribution >= 0.6 is 0 Å². The van der Waals surface area contributed by atoms with Crippen LogP contribution in [0.4, 0.5) is 10.2 Å². The zero-order valence-electron chi connectivity index (χ0n) is 7.75. The average molecular weight is 186 g/mol. The normalized spacial score (nSPS) is 10.1. The van der Waals surface area contributed by atoms with Crippen LogP contribution in [0.5, 0.6) is 0 Å². The second-order valence-corrected chi connectivity index (χ2v) is 2.58. The molecule has 0 fully saturated rings. The molecule has 0 saturated heterocycles. The molecule has 0 aromatic carbocycles. The summed E-state index contributed by atoms with van der Waals surface area (Å²) >= 11 is 0. The maximum absolute atomic E-state index is 12.6. The second kappa shape index (κ2) is 4.71. The first-order chi connectivity index (χ1) is 6.24. The van der Waals surface area contributed by atoms with Crippen LogP contribution in [-0.2, 0) is 11.8 Å². The molecule has 0 saturated carbocycles. The van der Waals surface area contributed by atoms with Gasteiger partial charge in [0.25, 0.3) is 11.8 Å². The Morgan fingerprint density at radius 3 is 3.00 bits per heavy atom. The van der Waals surface area contributed by atoms with Crippen molar-refractivity contribution in [2.45, 2.75) is 0 Å². The van der Waals surface area contributed by atoms with Gasteiger partial charge in [-0.2, -0.15) is 4.39 Å². The molecule has 0 aliphatic rings. The van der Waals surface area contributed by atoms with E-state index in [1.165, 1.54) is 10.7 Å². The lowest BCUT2D eigenvalue weighted by molar-refractivity contribution is -0.719. The molecule has 1 aromatic rings. The number of ether oxygens (including phenoxy) is 1. The average Bonchev–Trinajstić information content (AvgIpc) is 2.09. The Bertz CT molecular complexity index is 280. The van der Waals surface area contributed by atoms with Crippen molar-refractivity contribution in [2.75, 3.05) is 25.6 Å². The molecule has 13 heavy (non-hydrogen) atoms. The van der Waals surface area contributed by atoms with Crippen molar-refractivity contribution < 1.29 is 13.8 Å². The molecule has 4 nitrogen and oxygen atoms in total. The third-order valence-electron chi connectivity index (χ3n) is 1.59. The molecule has 72 valence electrons. The van der Waals surface area contributed by atoms with E-state index in [4.69, 9.17) is 4.74 Å². The Balaban J connectivity index is 2.56. The van der Waals surface area contributed by atoms with Gasteiger partial charge in [-0.15, -0.1) is 4.68 Å². The first-order valence-electron chi connectivity index (χ1n) is 3.99. The van der Waals surface area contributed by atoms with Gasteiger partial charge in [0.2, 0.25) is 0 Å². The monoisotopic (exact) mass is 186 g/mol. The molecule has 0 atom stereocenters. The largest absolute Gasteiger partial charge is 0.381 e. The number of aromatic nitrogens is 2. The number of aryl methyl sites for hydroxylation is 1. The predicted octanol–water partition coefficient (Wildman–Crippen LogP) is 0.103. The maximum Gasteiger partial charge on any atom is 0.295 e. The number of rotatable bonds is 4. The highest BCUT2D eigenvalue weighted by molar-refractivity contribution is 5.26. The number of anilines is 1. The van der Waals surface area contributed by atoms with Crippen LogP contribution in [0, 0.1) is 5.95 Å². The van der Waals surface area contributed by atoms with E-state index >= 15 is 0 Å². The van der Waals surface area contributed by atoms with Crippen molar-refractivity contribution >= 4 is 5.82 Å². The van der Waals surface area contributed by atoms with Gasteiger partial charge in [-0.1, -0.05) is 5.10 Å². The van der Waals surface area contributed by atoms with E-state index in [9.17, 15) is 4.39 Å². The molecule has 5 heteroatoms. The fourth-order valence-corrected chi connectivity index (χ4v) is 0.941. The Labute approximate surface area is 76.3 Å². The molecular formula is C8H13FN3O+. The van der Waals surface area contributed by atoms with Gasteiger partial charge < -0.3 is 4.74 Å². The van der Waals surface area contributed by atoms with E-state index in [-0.39, 0.29) is 0 Å². The molecule has 0 bridgehead atoms. The standard InChI is InChI=1S/C8H12FN3O/c1-12-8(10-5-6-13-2)4-3-7(9)11-12/h3-4H,5-6H2,1-2H3/p+1. The summed E-state index contributed by atoms with van der Waals surface area (Å²) < 4.78 is 18.9. The molecule has 0 amide bonds. The highest BCUT2D eigenvalue weighted by atomic mass is 19.1. The van der Waals surface area contributed by atoms with Crippen molar-refractivity contribution in [1.82, 2.24) is 5.10 Å². The quantitative estimate of drug-likeness (QED) is 0.535. The van der Waals surface area contributed by atoms with Gasteiger partial charge in [0, 0.05) is 19.2 Å². The summed E-state index contributed by atoms with van der Waals surface area (Å²) in [6.07, 6.45) is 0. The fraction of sp³-hybridized carbons (Fsp3) is 0.500. The van der Waals surface area contributed by atoms with Crippen LogP contribution in [0.15, 0.2) is 12.1 Å². The molecule has 1 N–H and O–H groups in total. The van der Waals surface area contributed by atoms with Gasteiger partial charge >= 0.3 is 0 Å². The molecule has 0 spiro atoms. The summed E-state index contributed by atoms with van der Waals surface area (Å²) in [5, 5.41) is 6.65. The molecule has 1 aromatic heterocycles. The number of hydrogen-bond donors (Lipinski definition) is 1. The number of halogens is 1. The predicted molar refractivity (Wildman–Crippen MR) is 45.7 cm³/mol. The first-order valence-corrected chi connectivity index (χ1v) is 3.99. The van der Waals surface area contributed by atoms with E-state index in [1.54, 1.807) is 20.2 Å². The number of hydrogen-bond acceptors (Lipinski definition) is 3. The maximum atomic E-state index is 12.6.